The van der Waals surface area contributed by atoms with Gasteiger partial charge in [0.05, 0.1) is 36.1 Å². The van der Waals surface area contributed by atoms with E-state index in [-0.39, 0.29) is 49.0 Å². The number of carbonyl (C=O) groups excluding carboxylic acids is 3. The largest absolute Gasteiger partial charge is 0.459 e. The molecule has 3 N–H and O–H groups in total. The SMILES string of the molecule is [B]C(=O)C[C@@H]1CC(CO)[C@H](O)C(/C=C/C(C)=C/C[C@@H]2O[C@H](C)[C@H](NC(=O)/C=C\[C@@H](C)OC(C)=O)C[C@@H]2C)O1. The molecule has 9 atom stereocenters. The summed E-state index contributed by atoms with van der Waals surface area (Å²) >= 11 is 0. The molecule has 0 bridgehead atoms. The maximum Gasteiger partial charge on any atom is 0.303 e. The first-order chi connectivity index (χ1) is 17.9. The van der Waals surface area contributed by atoms with Crippen LogP contribution in [0.3, 0.4) is 0 Å². The molecule has 210 valence electrons. The summed E-state index contributed by atoms with van der Waals surface area (Å²) in [4.78, 5) is 34.6. The molecule has 0 aromatic rings. The van der Waals surface area contributed by atoms with Gasteiger partial charge in [0.25, 0.3) is 0 Å². The second kappa shape index (κ2) is 15.4. The van der Waals surface area contributed by atoms with E-state index in [9.17, 15) is 24.6 Å². The topological polar surface area (TPSA) is 131 Å². The number of amides is 1. The molecule has 2 fully saturated rings. The van der Waals surface area contributed by atoms with Crippen molar-refractivity contribution in [1.82, 2.24) is 5.32 Å². The van der Waals surface area contributed by atoms with E-state index >= 15 is 0 Å². The molecule has 0 aromatic carbocycles. The van der Waals surface area contributed by atoms with E-state index in [0.717, 1.165) is 12.0 Å². The molecule has 2 unspecified atom stereocenters. The van der Waals surface area contributed by atoms with Gasteiger partial charge in [-0.15, -0.1) is 0 Å². The first kappa shape index (κ1) is 31.9. The fraction of sp³-hybridized carbons (Fsp3) is 0.679. The van der Waals surface area contributed by atoms with Crippen LogP contribution in [0.5, 0.6) is 0 Å². The minimum absolute atomic E-state index is 0.0173. The van der Waals surface area contributed by atoms with Gasteiger partial charge in [0.2, 0.25) is 5.91 Å². The summed E-state index contributed by atoms with van der Waals surface area (Å²) in [6.07, 6.45) is 7.82. The Bertz CT molecular complexity index is 903. The molecule has 2 saturated heterocycles. The molecule has 0 aliphatic carbocycles. The van der Waals surface area contributed by atoms with Crippen LogP contribution in [0.2, 0.25) is 0 Å². The number of esters is 1. The van der Waals surface area contributed by atoms with Crippen LogP contribution in [-0.2, 0) is 28.6 Å². The van der Waals surface area contributed by atoms with Crippen LogP contribution in [0, 0.1) is 11.8 Å². The summed E-state index contributed by atoms with van der Waals surface area (Å²) in [5, 5.41) is 23.1. The van der Waals surface area contributed by atoms with Crippen molar-refractivity contribution in [2.24, 2.45) is 11.8 Å². The maximum atomic E-state index is 12.3. The second-order valence-corrected chi connectivity index (χ2v) is 10.5. The quantitative estimate of drug-likeness (QED) is 0.160. The van der Waals surface area contributed by atoms with E-state index in [1.807, 2.05) is 19.9 Å². The molecule has 10 heteroatoms. The fourth-order valence-electron chi connectivity index (χ4n) is 4.89. The normalized spacial score (nSPS) is 33.3. The highest BCUT2D eigenvalue weighted by Gasteiger charge is 2.36. The Balaban J connectivity index is 1.89. The van der Waals surface area contributed by atoms with Gasteiger partial charge < -0.3 is 34.5 Å². The van der Waals surface area contributed by atoms with Crippen LogP contribution in [0.15, 0.2) is 36.0 Å². The molecule has 0 spiro atoms. The molecular weight excluding hydrogens is 489 g/mol. The van der Waals surface area contributed by atoms with Crippen molar-refractivity contribution in [1.29, 1.82) is 0 Å². The summed E-state index contributed by atoms with van der Waals surface area (Å²) in [5.74, 6) is -0.840. The van der Waals surface area contributed by atoms with Gasteiger partial charge in [-0.05, 0) is 52.0 Å². The van der Waals surface area contributed by atoms with Crippen molar-refractivity contribution in [2.45, 2.75) is 103 Å². The highest BCUT2D eigenvalue weighted by molar-refractivity contribution is 6.57. The number of rotatable bonds is 11. The molecule has 2 radical (unpaired) electrons. The van der Waals surface area contributed by atoms with E-state index < -0.39 is 36.1 Å². The number of ether oxygens (including phenoxy) is 3. The van der Waals surface area contributed by atoms with Crippen molar-refractivity contribution in [3.05, 3.63) is 36.0 Å². The third-order valence-corrected chi connectivity index (χ3v) is 7.03. The van der Waals surface area contributed by atoms with E-state index in [4.69, 9.17) is 22.1 Å². The number of hydrogen-bond donors (Lipinski definition) is 3. The third kappa shape index (κ3) is 10.5. The van der Waals surface area contributed by atoms with Crippen molar-refractivity contribution in [2.75, 3.05) is 6.61 Å². The summed E-state index contributed by atoms with van der Waals surface area (Å²) in [6.45, 7) is 8.78. The predicted octanol–water partition coefficient (Wildman–Crippen LogP) is 1.90. The highest BCUT2D eigenvalue weighted by atomic mass is 16.5. The third-order valence-electron chi connectivity index (χ3n) is 7.03. The molecule has 38 heavy (non-hydrogen) atoms. The van der Waals surface area contributed by atoms with Crippen LogP contribution in [-0.4, -0.2) is 84.9 Å². The van der Waals surface area contributed by atoms with Crippen molar-refractivity contribution in [3.8, 4) is 0 Å². The molecule has 9 nitrogen and oxygen atoms in total. The average molecular weight is 531 g/mol. The number of allylic oxidation sites excluding steroid dienone is 2. The Morgan fingerprint density at radius 2 is 1.87 bits per heavy atom. The van der Waals surface area contributed by atoms with Gasteiger partial charge in [-0.25, -0.2) is 0 Å². The fourth-order valence-corrected chi connectivity index (χ4v) is 4.89. The van der Waals surface area contributed by atoms with Crippen molar-refractivity contribution >= 4 is 25.4 Å². The summed E-state index contributed by atoms with van der Waals surface area (Å²) in [7, 11) is 5.29. The van der Waals surface area contributed by atoms with Crippen molar-refractivity contribution < 1.29 is 38.8 Å². The molecule has 2 heterocycles. The van der Waals surface area contributed by atoms with Gasteiger partial charge in [-0.2, -0.15) is 0 Å². The van der Waals surface area contributed by atoms with Gasteiger partial charge in [0.15, 0.2) is 7.85 Å². The zero-order valence-corrected chi connectivity index (χ0v) is 23.0. The lowest BCUT2D eigenvalue weighted by Crippen LogP contribution is -2.50. The Hall–Kier alpha value is -2.27. The van der Waals surface area contributed by atoms with Gasteiger partial charge in [-0.3, -0.25) is 9.59 Å². The lowest BCUT2D eigenvalue weighted by atomic mass is 9.85. The first-order valence-corrected chi connectivity index (χ1v) is 13.3. The van der Waals surface area contributed by atoms with Crippen LogP contribution in [0.1, 0.15) is 60.3 Å². The number of carbonyl (C=O) groups is 3. The first-order valence-electron chi connectivity index (χ1n) is 13.3. The van der Waals surface area contributed by atoms with Gasteiger partial charge >= 0.3 is 5.97 Å². The summed E-state index contributed by atoms with van der Waals surface area (Å²) in [5.41, 5.74) is 0.481. The number of aliphatic hydroxyl groups is 2. The zero-order valence-electron chi connectivity index (χ0n) is 23.0. The van der Waals surface area contributed by atoms with Crippen LogP contribution < -0.4 is 5.32 Å². The lowest BCUT2D eigenvalue weighted by Gasteiger charge is -2.39. The predicted molar refractivity (Wildman–Crippen MR) is 143 cm³/mol. The Morgan fingerprint density at radius 1 is 1.16 bits per heavy atom. The summed E-state index contributed by atoms with van der Waals surface area (Å²) < 4.78 is 17.1. The van der Waals surface area contributed by atoms with E-state index in [2.05, 4.69) is 18.3 Å². The average Bonchev–Trinajstić information content (AvgIpc) is 2.83. The molecule has 2 aliphatic heterocycles. The lowest BCUT2D eigenvalue weighted by molar-refractivity contribution is -0.143. The number of aliphatic hydroxyl groups excluding tert-OH is 2. The van der Waals surface area contributed by atoms with E-state index in [0.29, 0.717) is 12.8 Å². The smallest absolute Gasteiger partial charge is 0.303 e. The second-order valence-electron chi connectivity index (χ2n) is 10.5. The number of hydrogen-bond acceptors (Lipinski definition) is 8. The molecular formula is C28H42BNO8. The zero-order chi connectivity index (χ0) is 28.4. The van der Waals surface area contributed by atoms with Crippen LogP contribution in [0.25, 0.3) is 0 Å². The van der Waals surface area contributed by atoms with Crippen LogP contribution >= 0.6 is 0 Å². The standard InChI is InChI=1S/C28H42BNO8/c1-16(7-10-25-28(35)21(15-31)13-22(38-25)14-26(29)33)6-9-24-17(2)12-23(19(4)37-24)30-27(34)11-8-18(3)36-20(5)32/h6-8,10-11,17-19,21-25,28,31,35H,9,12-15H2,1-5H3,(H,30,34)/b10-7+,11-8-,16-6+/t17-,18+,19+,21?,22-,23+,24-,25?,28-/m0/s1. The van der Waals surface area contributed by atoms with Gasteiger partial charge in [0.1, 0.15) is 12.2 Å². The maximum absolute atomic E-state index is 12.3. The number of nitrogens with one attached hydrogen (secondary N) is 1. The van der Waals surface area contributed by atoms with Gasteiger partial charge in [-0.1, -0.05) is 30.7 Å². The Labute approximate surface area is 227 Å². The summed E-state index contributed by atoms with van der Waals surface area (Å²) in [6, 6.07) is -0.134. The van der Waals surface area contributed by atoms with Crippen molar-refractivity contribution in [3.63, 3.8) is 0 Å². The minimum Gasteiger partial charge on any atom is -0.459 e. The molecule has 0 aromatic heterocycles. The molecule has 2 rings (SSSR count). The van der Waals surface area contributed by atoms with E-state index in [1.165, 1.54) is 19.1 Å². The van der Waals surface area contributed by atoms with Crippen LogP contribution in [0.4, 0.5) is 0 Å². The van der Waals surface area contributed by atoms with E-state index in [1.54, 1.807) is 13.0 Å². The minimum atomic E-state index is -0.873. The Morgan fingerprint density at radius 3 is 2.50 bits per heavy atom. The molecule has 1 amide bonds. The van der Waals surface area contributed by atoms with Gasteiger partial charge in [0, 0.05) is 31.9 Å². The Kier molecular flexibility index (Phi) is 12.9. The molecule has 0 saturated carbocycles. The highest BCUT2D eigenvalue weighted by Crippen LogP contribution is 2.29. The molecule has 2 aliphatic rings. The monoisotopic (exact) mass is 531 g/mol.